The van der Waals surface area contributed by atoms with E-state index in [1.54, 1.807) is 0 Å². The monoisotopic (exact) mass is 273 g/mol. The van der Waals surface area contributed by atoms with Gasteiger partial charge in [-0.25, -0.2) is 4.21 Å². The third-order valence-corrected chi connectivity index (χ3v) is 2.96. The summed E-state index contributed by atoms with van der Waals surface area (Å²) in [5, 5.41) is 10.1. The highest BCUT2D eigenvalue weighted by molar-refractivity contribution is 7.86. The van der Waals surface area contributed by atoms with Crippen LogP contribution in [0, 0.1) is 10.1 Å². The van der Waals surface area contributed by atoms with Gasteiger partial charge in [0.2, 0.25) is 0 Å². The van der Waals surface area contributed by atoms with E-state index in [1.807, 2.05) is 0 Å². The Morgan fingerprint density at radius 2 is 1.94 bits per heavy atom. The van der Waals surface area contributed by atoms with Crippen molar-refractivity contribution in [2.24, 2.45) is 0 Å². The van der Waals surface area contributed by atoms with Gasteiger partial charge in [0.25, 0.3) is 5.69 Å². The average molecular weight is 274 g/mol. The number of halogens is 4. The number of alkyl halides is 3. The van der Waals surface area contributed by atoms with Crippen LogP contribution in [0.25, 0.3) is 0 Å². The van der Waals surface area contributed by atoms with Gasteiger partial charge in [-0.15, -0.1) is 0 Å². The third-order valence-electron chi connectivity index (χ3n) is 1.54. The summed E-state index contributed by atoms with van der Waals surface area (Å²) < 4.78 is 47.1. The van der Waals surface area contributed by atoms with Crippen LogP contribution in [0.1, 0.15) is 0 Å². The van der Waals surface area contributed by atoms with E-state index in [1.165, 1.54) is 0 Å². The van der Waals surface area contributed by atoms with Crippen LogP contribution in [0.5, 0.6) is 0 Å². The lowest BCUT2D eigenvalue weighted by atomic mass is 10.3. The van der Waals surface area contributed by atoms with E-state index >= 15 is 0 Å². The predicted octanol–water partition coefficient (Wildman–Crippen LogP) is 2.88. The smallest absolute Gasteiger partial charge is 0.258 e. The molecule has 0 N–H and O–H groups in total. The van der Waals surface area contributed by atoms with Crippen LogP contribution in [0.4, 0.5) is 18.9 Å². The normalized spacial score (nSPS) is 13.5. The average Bonchev–Trinajstić information content (AvgIpc) is 2.15. The minimum Gasteiger partial charge on any atom is -0.258 e. The lowest BCUT2D eigenvalue weighted by Crippen LogP contribution is -2.16. The van der Waals surface area contributed by atoms with Gasteiger partial charge in [0, 0.05) is 6.07 Å². The summed E-state index contributed by atoms with van der Waals surface area (Å²) in [5.41, 5.74) is -5.67. The molecule has 0 spiro atoms. The molecule has 0 aliphatic rings. The second kappa shape index (κ2) is 4.38. The molecule has 16 heavy (non-hydrogen) atoms. The van der Waals surface area contributed by atoms with Crippen LogP contribution >= 0.6 is 11.6 Å². The number of nitro benzene ring substituents is 1. The molecule has 1 rings (SSSR count). The maximum absolute atomic E-state index is 12.1. The van der Waals surface area contributed by atoms with Gasteiger partial charge in [0.1, 0.15) is 5.02 Å². The van der Waals surface area contributed by atoms with Crippen LogP contribution < -0.4 is 0 Å². The van der Waals surface area contributed by atoms with E-state index in [9.17, 15) is 27.5 Å². The fourth-order valence-corrected chi connectivity index (χ4v) is 1.75. The molecule has 9 heteroatoms. The topological polar surface area (TPSA) is 60.2 Å². The molecular formula is C7H3ClF3NO3S. The minimum absolute atomic E-state index is 0.312. The Bertz CT molecular complexity index is 463. The van der Waals surface area contributed by atoms with E-state index in [0.29, 0.717) is 6.07 Å². The summed E-state index contributed by atoms with van der Waals surface area (Å²) in [7, 11) is -3.30. The first kappa shape index (κ1) is 12.9. The zero-order valence-electron chi connectivity index (χ0n) is 7.32. The second-order valence-electron chi connectivity index (χ2n) is 2.58. The summed E-state index contributed by atoms with van der Waals surface area (Å²) in [6, 6.07) is 2.28. The highest BCUT2D eigenvalue weighted by atomic mass is 35.5. The highest BCUT2D eigenvalue weighted by Gasteiger charge is 2.38. The lowest BCUT2D eigenvalue weighted by molar-refractivity contribution is -0.384. The minimum atomic E-state index is -4.96. The van der Waals surface area contributed by atoms with Crippen LogP contribution in [0.2, 0.25) is 5.02 Å². The van der Waals surface area contributed by atoms with Crippen molar-refractivity contribution in [2.45, 2.75) is 10.4 Å². The first-order chi connectivity index (χ1) is 7.23. The van der Waals surface area contributed by atoms with Crippen molar-refractivity contribution in [3.63, 3.8) is 0 Å². The molecule has 0 bridgehead atoms. The highest BCUT2D eigenvalue weighted by Crippen LogP contribution is 2.31. The number of rotatable bonds is 2. The van der Waals surface area contributed by atoms with Crippen LogP contribution in [-0.4, -0.2) is 14.6 Å². The van der Waals surface area contributed by atoms with E-state index < -0.39 is 31.8 Å². The van der Waals surface area contributed by atoms with Gasteiger partial charge in [-0.05, 0) is 12.1 Å². The zero-order chi connectivity index (χ0) is 12.5. The third kappa shape index (κ3) is 2.70. The molecule has 0 aliphatic heterocycles. The van der Waals surface area contributed by atoms with Crippen LogP contribution in [0.15, 0.2) is 23.1 Å². The Morgan fingerprint density at radius 1 is 1.38 bits per heavy atom. The molecule has 88 valence electrons. The molecule has 4 nitrogen and oxygen atoms in total. The van der Waals surface area contributed by atoms with Crippen molar-refractivity contribution >= 4 is 28.1 Å². The molecule has 0 saturated carbocycles. The Labute approximate surface area is 94.6 Å². The first-order valence-corrected chi connectivity index (χ1v) is 5.19. The fourth-order valence-electron chi connectivity index (χ4n) is 0.881. The maximum Gasteiger partial charge on any atom is 0.475 e. The second-order valence-corrected chi connectivity index (χ2v) is 4.46. The number of nitrogens with zero attached hydrogens (tertiary/aromatic N) is 1. The van der Waals surface area contributed by atoms with E-state index in [2.05, 4.69) is 0 Å². The molecule has 1 aromatic carbocycles. The number of nitro groups is 1. The fraction of sp³-hybridized carbons (Fsp3) is 0.143. The van der Waals surface area contributed by atoms with Crippen LogP contribution in [-0.2, 0) is 10.8 Å². The molecular weight excluding hydrogens is 271 g/mol. The molecule has 1 unspecified atom stereocenters. The molecule has 0 fully saturated rings. The molecule has 0 amide bonds. The van der Waals surface area contributed by atoms with Crippen molar-refractivity contribution in [2.75, 3.05) is 0 Å². The molecule has 0 aliphatic carbocycles. The van der Waals surface area contributed by atoms with Gasteiger partial charge in [-0.1, -0.05) is 11.6 Å². The number of benzene rings is 1. The van der Waals surface area contributed by atoms with Crippen molar-refractivity contribution in [3.8, 4) is 0 Å². The van der Waals surface area contributed by atoms with Gasteiger partial charge in [-0.2, -0.15) is 13.2 Å². The van der Waals surface area contributed by atoms with Gasteiger partial charge in [0.05, 0.1) is 9.82 Å². The largest absolute Gasteiger partial charge is 0.475 e. The first-order valence-electron chi connectivity index (χ1n) is 3.66. The summed E-state index contributed by atoms with van der Waals surface area (Å²) in [5.74, 6) is 0. The standard InChI is InChI=1S/C7H3ClF3NO3S/c8-5-2-1-4(3-6(5)12(13)14)16(15)7(9,10)11/h1-3H. The Kier molecular flexibility index (Phi) is 3.54. The van der Waals surface area contributed by atoms with Crippen molar-refractivity contribution in [3.05, 3.63) is 33.3 Å². The lowest BCUT2D eigenvalue weighted by Gasteiger charge is -2.05. The number of hydrogen-bond donors (Lipinski definition) is 0. The molecule has 0 radical (unpaired) electrons. The van der Waals surface area contributed by atoms with Crippen LogP contribution in [0.3, 0.4) is 0 Å². The molecule has 1 atom stereocenters. The van der Waals surface area contributed by atoms with Gasteiger partial charge >= 0.3 is 5.51 Å². The predicted molar refractivity (Wildman–Crippen MR) is 50.6 cm³/mol. The Balaban J connectivity index is 3.24. The molecule has 1 aromatic rings. The summed E-state index contributed by atoms with van der Waals surface area (Å²) in [6.45, 7) is 0. The summed E-state index contributed by atoms with van der Waals surface area (Å²) in [4.78, 5) is 8.74. The maximum atomic E-state index is 12.1. The Hall–Kier alpha value is -1.15. The van der Waals surface area contributed by atoms with Crippen molar-refractivity contribution < 1.29 is 22.3 Å². The molecule has 0 heterocycles. The SMILES string of the molecule is O=[N+]([O-])c1cc(S(=O)C(F)(F)F)ccc1Cl. The quantitative estimate of drug-likeness (QED) is 0.615. The zero-order valence-corrected chi connectivity index (χ0v) is 8.90. The van der Waals surface area contributed by atoms with E-state index in [4.69, 9.17) is 11.6 Å². The van der Waals surface area contributed by atoms with Crippen molar-refractivity contribution in [1.29, 1.82) is 0 Å². The van der Waals surface area contributed by atoms with Gasteiger partial charge in [0.15, 0.2) is 10.8 Å². The van der Waals surface area contributed by atoms with E-state index in [0.717, 1.165) is 12.1 Å². The van der Waals surface area contributed by atoms with Crippen molar-refractivity contribution in [1.82, 2.24) is 0 Å². The van der Waals surface area contributed by atoms with Gasteiger partial charge in [-0.3, -0.25) is 10.1 Å². The summed E-state index contributed by atoms with van der Waals surface area (Å²) in [6.07, 6.45) is 0. The summed E-state index contributed by atoms with van der Waals surface area (Å²) >= 11 is 5.39. The molecule has 0 saturated heterocycles. The molecule has 0 aromatic heterocycles. The number of hydrogen-bond acceptors (Lipinski definition) is 3. The Morgan fingerprint density at radius 3 is 2.38 bits per heavy atom. The van der Waals surface area contributed by atoms with E-state index in [-0.39, 0.29) is 5.02 Å². The van der Waals surface area contributed by atoms with Gasteiger partial charge < -0.3 is 0 Å².